The molecule has 0 spiro atoms. The van der Waals surface area contributed by atoms with Gasteiger partial charge in [0.15, 0.2) is 0 Å². The lowest BCUT2D eigenvalue weighted by Gasteiger charge is -2.13. The highest BCUT2D eigenvalue weighted by molar-refractivity contribution is 7.99. The van der Waals surface area contributed by atoms with Crippen LogP contribution < -0.4 is 10.1 Å². The second-order valence-electron chi connectivity index (χ2n) is 4.99. The van der Waals surface area contributed by atoms with E-state index < -0.39 is 0 Å². The Kier molecular flexibility index (Phi) is 4.28. The Labute approximate surface area is 124 Å². The molecule has 1 atom stereocenters. The normalized spacial score (nSPS) is 16.9. The Morgan fingerprint density at radius 2 is 1.95 bits per heavy atom. The number of nitrogens with one attached hydrogen (secondary N) is 1. The second kappa shape index (κ2) is 6.33. The molecule has 104 valence electrons. The van der Waals surface area contributed by atoms with Crippen LogP contribution >= 0.6 is 11.8 Å². The standard InChI is InChI=1S/C17H19NOS/c1-19-16-8-4-2-6-13(16)10-18-11-14-12-20-17-9-5-3-7-15(14)17/h2-9,14,18H,10-12H2,1H3. The van der Waals surface area contributed by atoms with E-state index in [1.54, 1.807) is 7.11 Å². The summed E-state index contributed by atoms with van der Waals surface area (Å²) in [7, 11) is 1.72. The monoisotopic (exact) mass is 285 g/mol. The predicted octanol–water partition coefficient (Wildman–Crippen LogP) is 3.67. The molecule has 1 aliphatic rings. The van der Waals surface area contributed by atoms with E-state index in [9.17, 15) is 0 Å². The van der Waals surface area contributed by atoms with Gasteiger partial charge in [-0.15, -0.1) is 11.8 Å². The first-order valence-corrected chi connectivity index (χ1v) is 7.91. The third kappa shape index (κ3) is 2.84. The van der Waals surface area contributed by atoms with Crippen LogP contribution in [-0.2, 0) is 6.54 Å². The summed E-state index contributed by atoms with van der Waals surface area (Å²) in [6.07, 6.45) is 0. The minimum atomic E-state index is 0.617. The van der Waals surface area contributed by atoms with Crippen molar-refractivity contribution in [3.8, 4) is 5.75 Å². The number of benzene rings is 2. The largest absolute Gasteiger partial charge is 0.496 e. The van der Waals surface area contributed by atoms with Gasteiger partial charge < -0.3 is 10.1 Å². The van der Waals surface area contributed by atoms with Crippen LogP contribution in [0.2, 0.25) is 0 Å². The van der Waals surface area contributed by atoms with Crippen LogP contribution in [0.4, 0.5) is 0 Å². The summed E-state index contributed by atoms with van der Waals surface area (Å²) in [5, 5.41) is 3.57. The van der Waals surface area contributed by atoms with Gasteiger partial charge in [-0.2, -0.15) is 0 Å². The number of ether oxygens (including phenoxy) is 1. The van der Waals surface area contributed by atoms with Gasteiger partial charge in [0.1, 0.15) is 5.75 Å². The number of rotatable bonds is 5. The van der Waals surface area contributed by atoms with Gasteiger partial charge >= 0.3 is 0 Å². The van der Waals surface area contributed by atoms with Crippen molar-refractivity contribution in [1.82, 2.24) is 5.32 Å². The number of hydrogen-bond acceptors (Lipinski definition) is 3. The first kappa shape index (κ1) is 13.5. The van der Waals surface area contributed by atoms with E-state index >= 15 is 0 Å². The van der Waals surface area contributed by atoms with Crippen molar-refractivity contribution in [2.45, 2.75) is 17.4 Å². The number of fused-ring (bicyclic) bond motifs is 1. The second-order valence-corrected chi connectivity index (χ2v) is 6.05. The van der Waals surface area contributed by atoms with E-state index in [1.807, 2.05) is 23.9 Å². The summed E-state index contributed by atoms with van der Waals surface area (Å²) < 4.78 is 5.38. The molecule has 0 radical (unpaired) electrons. The molecular formula is C17H19NOS. The van der Waals surface area contributed by atoms with Gasteiger partial charge in [-0.1, -0.05) is 36.4 Å². The number of thioether (sulfide) groups is 1. The zero-order valence-corrected chi connectivity index (χ0v) is 12.5. The predicted molar refractivity (Wildman–Crippen MR) is 84.6 cm³/mol. The van der Waals surface area contributed by atoms with Crippen molar-refractivity contribution < 1.29 is 4.74 Å². The van der Waals surface area contributed by atoms with Crippen molar-refractivity contribution >= 4 is 11.8 Å². The van der Waals surface area contributed by atoms with Crippen molar-refractivity contribution in [2.75, 3.05) is 19.4 Å². The maximum absolute atomic E-state index is 5.38. The third-order valence-electron chi connectivity index (χ3n) is 3.70. The molecule has 0 fully saturated rings. The summed E-state index contributed by atoms with van der Waals surface area (Å²) in [5.74, 6) is 2.75. The van der Waals surface area contributed by atoms with Gasteiger partial charge in [0, 0.05) is 35.2 Å². The SMILES string of the molecule is COc1ccccc1CNCC1CSc2ccccc21. The van der Waals surface area contributed by atoms with Gasteiger partial charge in [-0.3, -0.25) is 0 Å². The molecule has 1 heterocycles. The van der Waals surface area contributed by atoms with E-state index in [4.69, 9.17) is 4.74 Å². The van der Waals surface area contributed by atoms with E-state index in [1.165, 1.54) is 21.8 Å². The average Bonchev–Trinajstić information content (AvgIpc) is 2.91. The lowest BCUT2D eigenvalue weighted by molar-refractivity contribution is 0.407. The fourth-order valence-electron chi connectivity index (χ4n) is 2.63. The molecule has 0 aliphatic carbocycles. The highest BCUT2D eigenvalue weighted by Gasteiger charge is 2.21. The van der Waals surface area contributed by atoms with E-state index in [-0.39, 0.29) is 0 Å². The Morgan fingerprint density at radius 1 is 1.15 bits per heavy atom. The molecule has 1 unspecified atom stereocenters. The third-order valence-corrected chi connectivity index (χ3v) is 4.95. The van der Waals surface area contributed by atoms with Crippen LogP contribution in [0.15, 0.2) is 53.4 Å². The fraction of sp³-hybridized carbons (Fsp3) is 0.294. The molecule has 0 saturated heterocycles. The quantitative estimate of drug-likeness (QED) is 0.905. The molecule has 2 nitrogen and oxygen atoms in total. The maximum Gasteiger partial charge on any atom is 0.123 e. The molecular weight excluding hydrogens is 266 g/mol. The van der Waals surface area contributed by atoms with Crippen molar-refractivity contribution in [2.24, 2.45) is 0 Å². The zero-order chi connectivity index (χ0) is 13.8. The first-order valence-electron chi connectivity index (χ1n) is 6.93. The van der Waals surface area contributed by atoms with E-state index in [2.05, 4.69) is 41.7 Å². The number of hydrogen-bond donors (Lipinski definition) is 1. The van der Waals surface area contributed by atoms with Crippen LogP contribution in [-0.4, -0.2) is 19.4 Å². The maximum atomic E-state index is 5.38. The summed E-state index contributed by atoms with van der Waals surface area (Å²) in [6, 6.07) is 16.9. The molecule has 2 aromatic rings. The van der Waals surface area contributed by atoms with Crippen LogP contribution in [0.1, 0.15) is 17.0 Å². The molecule has 0 amide bonds. The zero-order valence-electron chi connectivity index (χ0n) is 11.6. The lowest BCUT2D eigenvalue weighted by Crippen LogP contribution is -2.21. The van der Waals surface area contributed by atoms with Crippen LogP contribution in [0.5, 0.6) is 5.75 Å². The molecule has 0 aromatic heterocycles. The topological polar surface area (TPSA) is 21.3 Å². The molecule has 0 saturated carbocycles. The van der Waals surface area contributed by atoms with Crippen molar-refractivity contribution in [3.05, 3.63) is 59.7 Å². The molecule has 1 aliphatic heterocycles. The Morgan fingerprint density at radius 3 is 2.85 bits per heavy atom. The smallest absolute Gasteiger partial charge is 0.123 e. The van der Waals surface area contributed by atoms with E-state index in [0.29, 0.717) is 5.92 Å². The summed E-state index contributed by atoms with van der Waals surface area (Å²) in [6.45, 7) is 1.87. The first-order chi connectivity index (χ1) is 9.88. The van der Waals surface area contributed by atoms with Gasteiger partial charge in [0.05, 0.1) is 7.11 Å². The molecule has 3 heteroatoms. The average molecular weight is 285 g/mol. The molecule has 2 aromatic carbocycles. The van der Waals surface area contributed by atoms with Crippen LogP contribution in [0, 0.1) is 0 Å². The van der Waals surface area contributed by atoms with Crippen LogP contribution in [0.25, 0.3) is 0 Å². The number of para-hydroxylation sites is 1. The van der Waals surface area contributed by atoms with Gasteiger partial charge in [0.25, 0.3) is 0 Å². The van der Waals surface area contributed by atoms with E-state index in [0.717, 1.165) is 18.8 Å². The fourth-order valence-corrected chi connectivity index (χ4v) is 3.88. The Balaban J connectivity index is 1.59. The minimum absolute atomic E-state index is 0.617. The molecule has 1 N–H and O–H groups in total. The molecule has 3 rings (SSSR count). The Hall–Kier alpha value is -1.45. The van der Waals surface area contributed by atoms with Gasteiger partial charge in [-0.25, -0.2) is 0 Å². The summed E-state index contributed by atoms with van der Waals surface area (Å²) >= 11 is 1.97. The summed E-state index contributed by atoms with van der Waals surface area (Å²) in [5.41, 5.74) is 2.71. The van der Waals surface area contributed by atoms with Gasteiger partial charge in [0.2, 0.25) is 0 Å². The molecule has 20 heavy (non-hydrogen) atoms. The van der Waals surface area contributed by atoms with Crippen LogP contribution in [0.3, 0.4) is 0 Å². The number of methoxy groups -OCH3 is 1. The van der Waals surface area contributed by atoms with Crippen molar-refractivity contribution in [1.29, 1.82) is 0 Å². The highest BCUT2D eigenvalue weighted by Crippen LogP contribution is 2.38. The van der Waals surface area contributed by atoms with Crippen molar-refractivity contribution in [3.63, 3.8) is 0 Å². The minimum Gasteiger partial charge on any atom is -0.496 e. The molecule has 0 bridgehead atoms. The summed E-state index contributed by atoms with van der Waals surface area (Å²) in [4.78, 5) is 1.44. The van der Waals surface area contributed by atoms with Gasteiger partial charge in [-0.05, 0) is 17.7 Å². The highest BCUT2D eigenvalue weighted by atomic mass is 32.2. The Bertz CT molecular complexity index is 585. The lowest BCUT2D eigenvalue weighted by atomic mass is 10.0.